The molecule has 0 unspecified atom stereocenters. The zero-order chi connectivity index (χ0) is 28.2. The number of rotatable bonds is 7. The van der Waals surface area contributed by atoms with Crippen LogP contribution in [0.1, 0.15) is 60.3 Å². The first-order valence-electron chi connectivity index (χ1n) is 12.9. The highest BCUT2D eigenvalue weighted by Gasteiger charge is 2.33. The number of methoxy groups -OCH3 is 1. The van der Waals surface area contributed by atoms with Crippen molar-refractivity contribution in [2.75, 3.05) is 13.7 Å². The maximum absolute atomic E-state index is 13.3. The molecule has 3 aromatic rings. The third-order valence-electron chi connectivity index (χ3n) is 6.61. The molecule has 2 atom stereocenters. The summed E-state index contributed by atoms with van der Waals surface area (Å²) in [5, 5.41) is 11.6. The van der Waals surface area contributed by atoms with E-state index in [1.807, 2.05) is 32.9 Å². The van der Waals surface area contributed by atoms with Gasteiger partial charge in [0.2, 0.25) is 0 Å². The summed E-state index contributed by atoms with van der Waals surface area (Å²) in [6.45, 7) is 5.52. The number of aryl methyl sites for hydroxylation is 1. The summed E-state index contributed by atoms with van der Waals surface area (Å²) >= 11 is 6.01. The van der Waals surface area contributed by atoms with E-state index < -0.39 is 23.8 Å². The van der Waals surface area contributed by atoms with Crippen LogP contribution in [0.15, 0.2) is 66.7 Å². The lowest BCUT2D eigenvalue weighted by Crippen LogP contribution is -2.47. The summed E-state index contributed by atoms with van der Waals surface area (Å²) < 4.78 is 16.7. The Kier molecular flexibility index (Phi) is 8.83. The van der Waals surface area contributed by atoms with Crippen molar-refractivity contribution >= 4 is 23.7 Å². The lowest BCUT2D eigenvalue weighted by molar-refractivity contribution is 0.00195. The monoisotopic (exact) mass is 551 g/mol. The number of nitrogens with zero attached hydrogens (tertiary/aromatic N) is 1. The molecule has 0 heterocycles. The number of ether oxygens (including phenoxy) is 3. The first kappa shape index (κ1) is 28.5. The van der Waals surface area contributed by atoms with Crippen LogP contribution < -0.4 is 9.47 Å². The van der Waals surface area contributed by atoms with Crippen molar-refractivity contribution in [1.82, 2.24) is 4.90 Å². The molecule has 7 nitrogen and oxygen atoms in total. The predicted octanol–water partition coefficient (Wildman–Crippen LogP) is 6.40. The molecule has 1 aliphatic rings. The first-order chi connectivity index (χ1) is 18.5. The Morgan fingerprint density at radius 2 is 1.77 bits per heavy atom. The van der Waals surface area contributed by atoms with Gasteiger partial charge in [-0.2, -0.15) is 0 Å². The molecule has 0 aromatic heterocycles. The summed E-state index contributed by atoms with van der Waals surface area (Å²) in [6, 6.07) is 19.2. The molecule has 3 aromatic carbocycles. The number of halogens is 1. The van der Waals surface area contributed by atoms with Gasteiger partial charge in [-0.1, -0.05) is 41.9 Å². The lowest BCUT2D eigenvalue weighted by atomic mass is 9.87. The minimum absolute atomic E-state index is 0.0685. The maximum atomic E-state index is 13.3. The van der Waals surface area contributed by atoms with Gasteiger partial charge >= 0.3 is 12.1 Å². The van der Waals surface area contributed by atoms with E-state index in [2.05, 4.69) is 0 Å². The molecule has 0 radical (unpaired) electrons. The predicted molar refractivity (Wildman–Crippen MR) is 150 cm³/mol. The highest BCUT2D eigenvalue weighted by molar-refractivity contribution is 6.30. The van der Waals surface area contributed by atoms with E-state index in [0.29, 0.717) is 40.5 Å². The zero-order valence-electron chi connectivity index (χ0n) is 22.6. The van der Waals surface area contributed by atoms with Crippen LogP contribution in [0.4, 0.5) is 4.79 Å². The van der Waals surface area contributed by atoms with Gasteiger partial charge in [-0.15, -0.1) is 0 Å². The standard InChI is InChI=1S/C31H34ClNO6/c1-31(2,3)39-30(36)33(19-27(34)21-9-13-23(32)14-10-21)24-15-11-20-12-16-25(18-22(20)17-24)38-29(35)26-7-5-6-8-28(26)37-4/h5-10,12-14,16,18,24,27,34H,11,15,17,19H2,1-4H3/t24-,27-/m0/s1. The number of benzene rings is 3. The van der Waals surface area contributed by atoms with Gasteiger partial charge in [0, 0.05) is 11.1 Å². The molecule has 206 valence electrons. The van der Waals surface area contributed by atoms with Crippen LogP contribution in [0.25, 0.3) is 0 Å². The fourth-order valence-electron chi connectivity index (χ4n) is 4.69. The Labute approximate surface area is 234 Å². The van der Waals surface area contributed by atoms with Gasteiger partial charge in [-0.3, -0.25) is 0 Å². The topological polar surface area (TPSA) is 85.3 Å². The average molecular weight is 552 g/mol. The molecule has 8 heteroatoms. The van der Waals surface area contributed by atoms with Crippen molar-refractivity contribution in [2.24, 2.45) is 0 Å². The largest absolute Gasteiger partial charge is 0.496 e. The SMILES string of the molecule is COc1ccccc1C(=O)Oc1ccc2c(c1)C[C@@H](N(C[C@H](O)c1ccc(Cl)cc1)C(=O)OC(C)(C)C)CC2. The summed E-state index contributed by atoms with van der Waals surface area (Å²) in [7, 11) is 1.51. The number of hydrogen-bond acceptors (Lipinski definition) is 6. The summed E-state index contributed by atoms with van der Waals surface area (Å²) in [5.74, 6) is 0.337. The van der Waals surface area contributed by atoms with Gasteiger partial charge in [0.1, 0.15) is 22.7 Å². The van der Waals surface area contributed by atoms with Gasteiger partial charge in [0.05, 0.1) is 19.8 Å². The molecule has 1 N–H and O–H groups in total. The van der Waals surface area contributed by atoms with Crippen molar-refractivity contribution in [2.45, 2.75) is 57.8 Å². The first-order valence-corrected chi connectivity index (χ1v) is 13.3. The molecule has 0 bridgehead atoms. The van der Waals surface area contributed by atoms with Crippen molar-refractivity contribution in [3.63, 3.8) is 0 Å². The van der Waals surface area contributed by atoms with Crippen LogP contribution in [-0.4, -0.2) is 47.4 Å². The van der Waals surface area contributed by atoms with E-state index in [4.69, 9.17) is 25.8 Å². The van der Waals surface area contributed by atoms with E-state index in [-0.39, 0.29) is 12.6 Å². The Hall–Kier alpha value is -3.55. The summed E-state index contributed by atoms with van der Waals surface area (Å²) in [4.78, 5) is 27.7. The van der Waals surface area contributed by atoms with Gasteiger partial charge in [0.25, 0.3) is 0 Å². The normalized spacial score (nSPS) is 15.6. The van der Waals surface area contributed by atoms with Crippen molar-refractivity contribution in [1.29, 1.82) is 0 Å². The van der Waals surface area contributed by atoms with Crippen molar-refractivity contribution < 1.29 is 28.9 Å². The Balaban J connectivity index is 1.54. The molecule has 0 saturated carbocycles. The van der Waals surface area contributed by atoms with E-state index in [9.17, 15) is 14.7 Å². The van der Waals surface area contributed by atoms with Crippen LogP contribution in [0.2, 0.25) is 5.02 Å². The van der Waals surface area contributed by atoms with E-state index in [1.165, 1.54) is 7.11 Å². The van der Waals surface area contributed by atoms with Gasteiger partial charge < -0.3 is 24.2 Å². The second-order valence-corrected chi connectivity index (χ2v) is 11.1. The average Bonchev–Trinajstić information content (AvgIpc) is 2.90. The van der Waals surface area contributed by atoms with Crippen molar-refractivity contribution in [3.8, 4) is 11.5 Å². The Morgan fingerprint density at radius 1 is 1.05 bits per heavy atom. The van der Waals surface area contributed by atoms with E-state index in [0.717, 1.165) is 17.5 Å². The molecule has 0 spiro atoms. The second-order valence-electron chi connectivity index (χ2n) is 10.6. The zero-order valence-corrected chi connectivity index (χ0v) is 23.4. The highest BCUT2D eigenvalue weighted by Crippen LogP contribution is 2.31. The molecule has 0 aliphatic heterocycles. The number of para-hydroxylation sites is 1. The molecule has 4 rings (SSSR count). The Bertz CT molecular complexity index is 1320. The van der Waals surface area contributed by atoms with E-state index in [1.54, 1.807) is 59.5 Å². The fourth-order valence-corrected chi connectivity index (χ4v) is 4.81. The number of esters is 1. The molecular weight excluding hydrogens is 518 g/mol. The molecular formula is C31H34ClNO6. The van der Waals surface area contributed by atoms with Gasteiger partial charge in [-0.25, -0.2) is 9.59 Å². The van der Waals surface area contributed by atoms with Gasteiger partial charge in [0.15, 0.2) is 0 Å². The highest BCUT2D eigenvalue weighted by atomic mass is 35.5. The van der Waals surface area contributed by atoms with E-state index >= 15 is 0 Å². The molecule has 0 saturated heterocycles. The molecule has 0 fully saturated rings. The van der Waals surface area contributed by atoms with Crippen molar-refractivity contribution in [3.05, 3.63) is 94.0 Å². The lowest BCUT2D eigenvalue weighted by Gasteiger charge is -2.37. The minimum atomic E-state index is -0.913. The number of aliphatic hydroxyl groups excluding tert-OH is 1. The molecule has 39 heavy (non-hydrogen) atoms. The van der Waals surface area contributed by atoms with Crippen LogP contribution in [0, 0.1) is 0 Å². The number of carbonyl (C=O) groups excluding carboxylic acids is 2. The third kappa shape index (κ3) is 7.31. The molecule has 1 amide bonds. The summed E-state index contributed by atoms with van der Waals surface area (Å²) in [6.07, 6.45) is 0.575. The van der Waals surface area contributed by atoms with Gasteiger partial charge in [-0.05, 0) is 93.1 Å². The maximum Gasteiger partial charge on any atom is 0.410 e. The van der Waals surface area contributed by atoms with Crippen LogP contribution in [0.3, 0.4) is 0 Å². The number of hydrogen-bond donors (Lipinski definition) is 1. The number of aliphatic hydroxyl groups is 1. The minimum Gasteiger partial charge on any atom is -0.496 e. The molecule has 1 aliphatic carbocycles. The Morgan fingerprint density at radius 3 is 2.46 bits per heavy atom. The smallest absolute Gasteiger partial charge is 0.410 e. The summed E-state index contributed by atoms with van der Waals surface area (Å²) in [5.41, 5.74) is 2.42. The van der Waals surface area contributed by atoms with Crippen LogP contribution in [0.5, 0.6) is 11.5 Å². The van der Waals surface area contributed by atoms with Crippen LogP contribution in [-0.2, 0) is 17.6 Å². The number of carbonyl (C=O) groups is 2. The second kappa shape index (κ2) is 12.1. The number of fused-ring (bicyclic) bond motifs is 1. The third-order valence-corrected chi connectivity index (χ3v) is 6.86. The fraction of sp³-hybridized carbons (Fsp3) is 0.355. The quantitative estimate of drug-likeness (QED) is 0.270. The van der Waals surface area contributed by atoms with Crippen LogP contribution >= 0.6 is 11.6 Å². The number of amides is 1.